The van der Waals surface area contributed by atoms with E-state index >= 15 is 0 Å². The summed E-state index contributed by atoms with van der Waals surface area (Å²) < 4.78 is 13.1. The monoisotopic (exact) mass is 811 g/mol. The summed E-state index contributed by atoms with van der Waals surface area (Å²) in [5.41, 5.74) is 9.57. The summed E-state index contributed by atoms with van der Waals surface area (Å²) in [6, 6.07) is 3.96. The Bertz CT molecular complexity index is 2150. The zero-order valence-corrected chi connectivity index (χ0v) is 33.3. The van der Waals surface area contributed by atoms with Crippen LogP contribution in [-0.4, -0.2) is 166 Å². The predicted octanol–water partition coefficient (Wildman–Crippen LogP) is 0.435. The number of nitrogens with one attached hydrogen (secondary N) is 4. The van der Waals surface area contributed by atoms with Crippen molar-refractivity contribution >= 4 is 51.6 Å². The van der Waals surface area contributed by atoms with Crippen molar-refractivity contribution in [3.05, 3.63) is 48.8 Å². The number of nitrogens with zero attached hydrogens (tertiary/aromatic N) is 10. The number of pyridine rings is 1. The number of aromatic amines is 1. The molecule has 2 aliphatic heterocycles. The molecule has 5 aromatic rings. The van der Waals surface area contributed by atoms with Gasteiger partial charge in [0.1, 0.15) is 23.5 Å². The average molecular weight is 812 g/mol. The lowest BCUT2D eigenvalue weighted by Crippen LogP contribution is -2.48. The number of nitrogens with two attached hydrogens (primary N) is 1. The second-order valence-corrected chi connectivity index (χ2v) is 14.4. The van der Waals surface area contributed by atoms with Gasteiger partial charge in [-0.15, -0.1) is 0 Å². The van der Waals surface area contributed by atoms with Crippen LogP contribution in [-0.2, 0) is 25.6 Å². The number of fused-ring (bicyclic) bond motifs is 2. The van der Waals surface area contributed by atoms with E-state index in [1.54, 1.807) is 6.20 Å². The Morgan fingerprint density at radius 2 is 1.61 bits per heavy atom. The summed E-state index contributed by atoms with van der Waals surface area (Å²) in [5, 5.41) is 15.5. The molecule has 5 aromatic heterocycles. The second-order valence-electron chi connectivity index (χ2n) is 14.4. The van der Waals surface area contributed by atoms with Crippen molar-refractivity contribution < 1.29 is 23.9 Å². The number of rotatable bonds is 20. The van der Waals surface area contributed by atoms with Gasteiger partial charge in [-0.2, -0.15) is 5.10 Å². The molecule has 7 heterocycles. The molecule has 2 fully saturated rings. The van der Waals surface area contributed by atoms with Crippen LogP contribution in [0.3, 0.4) is 0 Å². The van der Waals surface area contributed by atoms with E-state index in [0.29, 0.717) is 66.8 Å². The minimum atomic E-state index is -0.289. The van der Waals surface area contributed by atoms with E-state index in [9.17, 15) is 14.4 Å². The van der Waals surface area contributed by atoms with Crippen molar-refractivity contribution in [2.75, 3.05) is 109 Å². The molecule has 59 heavy (non-hydrogen) atoms. The molecule has 20 nitrogen and oxygen atoms in total. The Balaban J connectivity index is 0.716. The third-order valence-corrected chi connectivity index (χ3v) is 10.4. The number of hydrogen-bond acceptors (Lipinski definition) is 15. The first-order valence-corrected chi connectivity index (χ1v) is 20.3. The molecule has 314 valence electrons. The Hall–Kier alpha value is -5.83. The van der Waals surface area contributed by atoms with Gasteiger partial charge in [0.25, 0.3) is 5.91 Å². The summed E-state index contributed by atoms with van der Waals surface area (Å²) in [4.78, 5) is 68.7. The molecule has 6 N–H and O–H groups in total. The average Bonchev–Trinajstić information content (AvgIpc) is 3.90. The van der Waals surface area contributed by atoms with Crippen LogP contribution in [0.4, 0.5) is 11.8 Å². The maximum Gasteiger partial charge on any atom is 0.254 e. The van der Waals surface area contributed by atoms with Gasteiger partial charge in [-0.05, 0) is 25.0 Å². The minimum absolute atomic E-state index is 0.104. The van der Waals surface area contributed by atoms with Gasteiger partial charge in [0, 0.05) is 121 Å². The molecule has 0 atom stereocenters. The molecule has 3 amide bonds. The van der Waals surface area contributed by atoms with E-state index in [0.717, 1.165) is 88.3 Å². The van der Waals surface area contributed by atoms with Crippen LogP contribution in [0.25, 0.3) is 33.3 Å². The fourth-order valence-electron chi connectivity index (χ4n) is 7.07. The van der Waals surface area contributed by atoms with Crippen molar-refractivity contribution in [1.82, 2.24) is 65.4 Å². The van der Waals surface area contributed by atoms with Crippen molar-refractivity contribution in [2.24, 2.45) is 0 Å². The lowest BCUT2D eigenvalue weighted by atomic mass is 10.1. The number of amides is 3. The minimum Gasteiger partial charge on any atom is -0.383 e. The van der Waals surface area contributed by atoms with E-state index in [-0.39, 0.29) is 43.9 Å². The number of unbranched alkanes of at least 4 members (excludes halogenated alkanes) is 1. The normalized spacial score (nSPS) is 14.9. The van der Waals surface area contributed by atoms with Gasteiger partial charge >= 0.3 is 0 Å². The summed E-state index contributed by atoms with van der Waals surface area (Å²) in [6.07, 6.45) is 10.2. The highest BCUT2D eigenvalue weighted by atomic mass is 16.5. The number of aryl methyl sites for hydroxylation is 1. The highest BCUT2D eigenvalue weighted by Crippen LogP contribution is 2.31. The molecule has 0 radical (unpaired) electrons. The first-order chi connectivity index (χ1) is 28.9. The van der Waals surface area contributed by atoms with Crippen LogP contribution in [0.2, 0.25) is 0 Å². The third-order valence-electron chi connectivity index (χ3n) is 10.4. The molecular weight excluding hydrogens is 759 g/mol. The van der Waals surface area contributed by atoms with Crippen molar-refractivity contribution in [3.8, 4) is 11.3 Å². The summed E-state index contributed by atoms with van der Waals surface area (Å²) in [6.45, 7) is 10.2. The highest BCUT2D eigenvalue weighted by molar-refractivity contribution is 5.99. The van der Waals surface area contributed by atoms with Gasteiger partial charge in [-0.1, -0.05) is 0 Å². The van der Waals surface area contributed by atoms with E-state index < -0.39 is 0 Å². The SMILES string of the molecule is Nc1ncnc2c1c(-c1cnc3[nH]ccc3c1)nn2CCCCNC(=O)CCOCCNC(=O)c1cnc(N2CCN(CCOCCC(=O)N3CCNCC3)CC2)nc1. The fraction of sp³-hybridized carbons (Fsp3) is 0.513. The number of aromatic nitrogens is 8. The van der Waals surface area contributed by atoms with Crippen molar-refractivity contribution in [3.63, 3.8) is 0 Å². The Kier molecular flexibility index (Phi) is 14.5. The van der Waals surface area contributed by atoms with Gasteiger partial charge in [-0.3, -0.25) is 19.3 Å². The van der Waals surface area contributed by atoms with Crippen LogP contribution in [0.1, 0.15) is 36.0 Å². The van der Waals surface area contributed by atoms with Crippen LogP contribution >= 0.6 is 0 Å². The number of carbonyl (C=O) groups excluding carboxylic acids is 3. The molecule has 0 saturated carbocycles. The van der Waals surface area contributed by atoms with Crippen molar-refractivity contribution in [1.29, 1.82) is 0 Å². The number of hydrogen-bond donors (Lipinski definition) is 5. The summed E-state index contributed by atoms with van der Waals surface area (Å²) >= 11 is 0. The lowest BCUT2D eigenvalue weighted by molar-refractivity contribution is -0.133. The Labute approximate surface area is 341 Å². The van der Waals surface area contributed by atoms with E-state index in [1.807, 2.05) is 27.9 Å². The van der Waals surface area contributed by atoms with Gasteiger partial charge in [0.2, 0.25) is 17.8 Å². The molecular formula is C39H53N15O5. The van der Waals surface area contributed by atoms with Crippen LogP contribution in [0.15, 0.2) is 43.2 Å². The fourth-order valence-corrected chi connectivity index (χ4v) is 7.07. The molecule has 2 aliphatic rings. The number of piperazine rings is 2. The predicted molar refractivity (Wildman–Crippen MR) is 220 cm³/mol. The maximum atomic E-state index is 12.6. The van der Waals surface area contributed by atoms with E-state index in [4.69, 9.17) is 20.3 Å². The molecule has 20 heteroatoms. The van der Waals surface area contributed by atoms with Crippen LogP contribution < -0.4 is 26.6 Å². The number of anilines is 2. The summed E-state index contributed by atoms with van der Waals surface area (Å²) in [7, 11) is 0. The van der Waals surface area contributed by atoms with Gasteiger partial charge in [0.15, 0.2) is 5.65 Å². The van der Waals surface area contributed by atoms with E-state index in [1.165, 1.54) is 18.7 Å². The number of H-pyrrole nitrogens is 1. The Morgan fingerprint density at radius 3 is 2.44 bits per heavy atom. The van der Waals surface area contributed by atoms with Crippen LogP contribution in [0, 0.1) is 0 Å². The largest absolute Gasteiger partial charge is 0.383 e. The Morgan fingerprint density at radius 1 is 0.814 bits per heavy atom. The topological polar surface area (TPSA) is 240 Å². The first-order valence-electron chi connectivity index (χ1n) is 20.3. The smallest absolute Gasteiger partial charge is 0.254 e. The van der Waals surface area contributed by atoms with E-state index in [2.05, 4.69) is 55.7 Å². The first kappa shape index (κ1) is 41.3. The number of ether oxygens (including phenoxy) is 2. The standard InChI is InChI=1S/C39H53N15O5/c40-35-33-34(29-23-28-3-7-43-36(28)45-24-29)50-54(37(33)49-27-48-35)11-2-1-6-42-31(55)4-19-58-21-10-44-38(57)30-25-46-39(47-26-30)53-16-14-51(15-17-53)18-22-59-20-5-32(56)52-12-8-41-9-13-52/h3,7,23-27,41H,1-2,4-6,8-22H2,(H,42,55)(H,43,45)(H,44,57)(H2,40,48,49). The van der Waals surface area contributed by atoms with Gasteiger partial charge < -0.3 is 45.9 Å². The molecule has 0 unspecified atom stereocenters. The zero-order chi connectivity index (χ0) is 40.8. The highest BCUT2D eigenvalue weighted by Gasteiger charge is 2.21. The lowest BCUT2D eigenvalue weighted by Gasteiger charge is -2.34. The summed E-state index contributed by atoms with van der Waals surface area (Å²) in [5.74, 6) is 0.714. The molecule has 0 spiro atoms. The molecule has 0 aromatic carbocycles. The molecule has 0 bridgehead atoms. The molecule has 0 aliphatic carbocycles. The van der Waals surface area contributed by atoms with Crippen molar-refractivity contribution in [2.45, 2.75) is 32.2 Å². The second kappa shape index (κ2) is 20.7. The quantitative estimate of drug-likeness (QED) is 0.0671. The number of carbonyl (C=O) groups is 3. The molecule has 2 saturated heterocycles. The third kappa shape index (κ3) is 11.2. The molecule has 7 rings (SSSR count). The van der Waals surface area contributed by atoms with Gasteiger partial charge in [0.05, 0.1) is 43.8 Å². The zero-order valence-electron chi connectivity index (χ0n) is 33.3. The maximum absolute atomic E-state index is 12.6. The van der Waals surface area contributed by atoms with Crippen LogP contribution in [0.5, 0.6) is 0 Å². The van der Waals surface area contributed by atoms with Gasteiger partial charge in [-0.25, -0.2) is 29.6 Å². The number of nitrogen functional groups attached to an aromatic ring is 1.